The number of pyridine rings is 1. The number of halogens is 1. The molecule has 17 heavy (non-hydrogen) atoms. The molecule has 1 saturated heterocycles. The third-order valence-corrected chi connectivity index (χ3v) is 3.02. The topological polar surface area (TPSA) is 59.5 Å². The highest BCUT2D eigenvalue weighted by Gasteiger charge is 2.36. The maximum Gasteiger partial charge on any atom is 0.328 e. The molecule has 0 aromatic carbocycles. The van der Waals surface area contributed by atoms with Gasteiger partial charge in [-0.3, -0.25) is 4.79 Å². The molecule has 0 aliphatic carbocycles. The third kappa shape index (κ3) is 2.10. The standard InChI is InChI=1S/C11H11ClN2O3/c1-17-11(16)8-2-3-14(8)9-5-13-10(12)4-7(9)6-15/h4-6,8H,2-3H2,1H3. The van der Waals surface area contributed by atoms with E-state index in [1.165, 1.54) is 19.4 Å². The van der Waals surface area contributed by atoms with Crippen LogP contribution in [0, 0.1) is 0 Å². The van der Waals surface area contributed by atoms with Gasteiger partial charge < -0.3 is 9.64 Å². The van der Waals surface area contributed by atoms with E-state index < -0.39 is 0 Å². The van der Waals surface area contributed by atoms with Crippen LogP contribution in [0.2, 0.25) is 5.15 Å². The van der Waals surface area contributed by atoms with Gasteiger partial charge in [-0.2, -0.15) is 0 Å². The number of aromatic nitrogens is 1. The first kappa shape index (κ1) is 11.9. The average Bonchev–Trinajstić information content (AvgIpc) is 2.29. The lowest BCUT2D eigenvalue weighted by molar-refractivity contribution is -0.143. The smallest absolute Gasteiger partial charge is 0.328 e. The summed E-state index contributed by atoms with van der Waals surface area (Å²) >= 11 is 5.71. The Kier molecular flexibility index (Phi) is 3.28. The van der Waals surface area contributed by atoms with Crippen molar-refractivity contribution < 1.29 is 14.3 Å². The van der Waals surface area contributed by atoms with Gasteiger partial charge in [0.15, 0.2) is 6.29 Å². The van der Waals surface area contributed by atoms with Crippen LogP contribution in [-0.4, -0.2) is 36.9 Å². The Labute approximate surface area is 103 Å². The summed E-state index contributed by atoms with van der Waals surface area (Å²) in [4.78, 5) is 28.1. The van der Waals surface area contributed by atoms with Crippen molar-refractivity contribution in [3.8, 4) is 0 Å². The zero-order valence-electron chi connectivity index (χ0n) is 9.22. The van der Waals surface area contributed by atoms with Crippen LogP contribution in [0.5, 0.6) is 0 Å². The molecule has 1 aliphatic heterocycles. The first-order valence-electron chi connectivity index (χ1n) is 5.12. The van der Waals surface area contributed by atoms with Gasteiger partial charge in [0, 0.05) is 12.1 Å². The van der Waals surface area contributed by atoms with Crippen LogP contribution in [0.1, 0.15) is 16.8 Å². The van der Waals surface area contributed by atoms with E-state index in [0.717, 1.165) is 0 Å². The number of carbonyl (C=O) groups is 2. The molecular formula is C11H11ClN2O3. The summed E-state index contributed by atoms with van der Waals surface area (Å²) in [5.41, 5.74) is 1.05. The molecule has 1 aromatic rings. The Morgan fingerprint density at radius 2 is 2.47 bits per heavy atom. The van der Waals surface area contributed by atoms with E-state index in [4.69, 9.17) is 11.6 Å². The summed E-state index contributed by atoms with van der Waals surface area (Å²) in [5.74, 6) is -0.303. The molecule has 0 spiro atoms. The molecule has 90 valence electrons. The Hall–Kier alpha value is -1.62. The van der Waals surface area contributed by atoms with Gasteiger partial charge in [-0.15, -0.1) is 0 Å². The highest BCUT2D eigenvalue weighted by atomic mass is 35.5. The largest absolute Gasteiger partial charge is 0.467 e. The number of anilines is 1. The van der Waals surface area contributed by atoms with Gasteiger partial charge in [-0.25, -0.2) is 9.78 Å². The van der Waals surface area contributed by atoms with Crippen molar-refractivity contribution in [2.45, 2.75) is 12.5 Å². The summed E-state index contributed by atoms with van der Waals surface area (Å²) in [6, 6.07) is 1.15. The zero-order valence-corrected chi connectivity index (χ0v) is 9.98. The van der Waals surface area contributed by atoms with Crippen LogP contribution in [0.25, 0.3) is 0 Å². The SMILES string of the molecule is COC(=O)C1CCN1c1cnc(Cl)cc1C=O. The number of hydrogen-bond acceptors (Lipinski definition) is 5. The van der Waals surface area contributed by atoms with Gasteiger partial charge in [0.1, 0.15) is 11.2 Å². The number of esters is 1. The van der Waals surface area contributed by atoms with E-state index in [1.807, 2.05) is 0 Å². The molecule has 0 N–H and O–H groups in total. The summed E-state index contributed by atoms with van der Waals surface area (Å²) in [7, 11) is 1.35. The van der Waals surface area contributed by atoms with Crippen LogP contribution in [0.15, 0.2) is 12.3 Å². The second-order valence-corrected chi connectivity index (χ2v) is 4.09. The Balaban J connectivity index is 2.28. The zero-order chi connectivity index (χ0) is 12.4. The third-order valence-electron chi connectivity index (χ3n) is 2.81. The molecule has 0 amide bonds. The summed E-state index contributed by atoms with van der Waals surface area (Å²) in [6.07, 6.45) is 2.92. The highest BCUT2D eigenvalue weighted by molar-refractivity contribution is 6.29. The van der Waals surface area contributed by atoms with E-state index in [-0.39, 0.29) is 17.2 Å². The molecule has 5 nitrogen and oxygen atoms in total. The average molecular weight is 255 g/mol. The number of rotatable bonds is 3. The van der Waals surface area contributed by atoms with Gasteiger partial charge in [-0.05, 0) is 12.5 Å². The van der Waals surface area contributed by atoms with E-state index in [0.29, 0.717) is 30.5 Å². The lowest BCUT2D eigenvalue weighted by atomic mass is 10.0. The van der Waals surface area contributed by atoms with E-state index in [9.17, 15) is 9.59 Å². The van der Waals surface area contributed by atoms with Gasteiger partial charge in [0.05, 0.1) is 19.0 Å². The van der Waals surface area contributed by atoms with Crippen LogP contribution in [0.4, 0.5) is 5.69 Å². The Bertz CT molecular complexity index is 464. The van der Waals surface area contributed by atoms with Crippen molar-refractivity contribution in [3.63, 3.8) is 0 Å². The van der Waals surface area contributed by atoms with Gasteiger partial charge in [0.2, 0.25) is 0 Å². The molecule has 1 fully saturated rings. The number of carbonyl (C=O) groups excluding carboxylic acids is 2. The summed E-state index contributed by atoms with van der Waals surface area (Å²) in [5, 5.41) is 0.256. The van der Waals surface area contributed by atoms with Gasteiger partial charge in [-0.1, -0.05) is 11.6 Å². The van der Waals surface area contributed by atoms with Crippen molar-refractivity contribution in [1.82, 2.24) is 4.98 Å². The van der Waals surface area contributed by atoms with Gasteiger partial charge in [0.25, 0.3) is 0 Å². The molecule has 6 heteroatoms. The van der Waals surface area contributed by atoms with E-state index in [2.05, 4.69) is 9.72 Å². The minimum absolute atomic E-state index is 0.256. The summed E-state index contributed by atoms with van der Waals surface area (Å²) < 4.78 is 4.69. The van der Waals surface area contributed by atoms with Crippen molar-refractivity contribution in [2.24, 2.45) is 0 Å². The molecule has 0 saturated carbocycles. The molecule has 1 unspecified atom stereocenters. The lowest BCUT2D eigenvalue weighted by Gasteiger charge is -2.40. The molecule has 0 bridgehead atoms. The Morgan fingerprint density at radius 1 is 1.71 bits per heavy atom. The molecule has 2 heterocycles. The number of ether oxygens (including phenoxy) is 1. The van der Waals surface area contributed by atoms with Crippen molar-refractivity contribution in [3.05, 3.63) is 23.0 Å². The lowest BCUT2D eigenvalue weighted by Crippen LogP contribution is -2.53. The van der Waals surface area contributed by atoms with E-state index in [1.54, 1.807) is 4.90 Å². The second-order valence-electron chi connectivity index (χ2n) is 3.70. The first-order chi connectivity index (χ1) is 8.17. The number of aldehydes is 1. The maximum atomic E-state index is 11.4. The quantitative estimate of drug-likeness (QED) is 0.462. The summed E-state index contributed by atoms with van der Waals surface area (Å²) in [6.45, 7) is 0.698. The number of hydrogen-bond donors (Lipinski definition) is 0. The fourth-order valence-corrected chi connectivity index (χ4v) is 1.99. The maximum absolute atomic E-state index is 11.4. The second kappa shape index (κ2) is 4.71. The van der Waals surface area contributed by atoms with Crippen molar-refractivity contribution in [2.75, 3.05) is 18.6 Å². The van der Waals surface area contributed by atoms with Crippen molar-refractivity contribution in [1.29, 1.82) is 0 Å². The van der Waals surface area contributed by atoms with Crippen LogP contribution >= 0.6 is 11.6 Å². The number of nitrogens with zero attached hydrogens (tertiary/aromatic N) is 2. The van der Waals surface area contributed by atoms with Crippen LogP contribution in [0.3, 0.4) is 0 Å². The molecular weight excluding hydrogens is 244 g/mol. The van der Waals surface area contributed by atoms with Crippen LogP contribution in [-0.2, 0) is 9.53 Å². The molecule has 0 radical (unpaired) electrons. The predicted octanol–water partition coefficient (Wildman–Crippen LogP) is 1.30. The minimum Gasteiger partial charge on any atom is -0.467 e. The molecule has 1 aliphatic rings. The number of methoxy groups -OCH3 is 1. The fourth-order valence-electron chi connectivity index (χ4n) is 1.83. The molecule has 2 rings (SSSR count). The normalized spacial score (nSPS) is 18.5. The predicted molar refractivity (Wildman–Crippen MR) is 62.4 cm³/mol. The first-order valence-corrected chi connectivity index (χ1v) is 5.50. The van der Waals surface area contributed by atoms with Crippen molar-refractivity contribution >= 4 is 29.5 Å². The van der Waals surface area contributed by atoms with Crippen LogP contribution < -0.4 is 4.90 Å². The molecule has 1 atom stereocenters. The fraction of sp³-hybridized carbons (Fsp3) is 0.364. The minimum atomic E-state index is -0.332. The van der Waals surface area contributed by atoms with Gasteiger partial charge >= 0.3 is 5.97 Å². The Morgan fingerprint density at radius 3 is 3.00 bits per heavy atom. The highest BCUT2D eigenvalue weighted by Crippen LogP contribution is 2.30. The molecule has 1 aromatic heterocycles. The van der Waals surface area contributed by atoms with E-state index >= 15 is 0 Å². The monoisotopic (exact) mass is 254 g/mol.